The predicted octanol–water partition coefficient (Wildman–Crippen LogP) is 0.261. The number of carbonyl (C=O) groups is 1. The van der Waals surface area contributed by atoms with Crippen molar-refractivity contribution in [3.05, 3.63) is 24.0 Å². The topological polar surface area (TPSA) is 79.5 Å². The monoisotopic (exact) mass is 221 g/mol. The molecular formula is C11H15N3O2. The molecule has 0 bridgehead atoms. The lowest BCUT2D eigenvalue weighted by Crippen LogP contribution is -2.38. The zero-order chi connectivity index (χ0) is 11.5. The van der Waals surface area contributed by atoms with Crippen molar-refractivity contribution in [2.45, 2.75) is 18.9 Å². The second-order valence-corrected chi connectivity index (χ2v) is 3.94. The first-order valence-corrected chi connectivity index (χ1v) is 5.35. The Morgan fingerprint density at radius 1 is 1.69 bits per heavy atom. The molecule has 0 saturated carbocycles. The second kappa shape index (κ2) is 4.49. The normalized spacial score (nSPS) is 20.1. The molecule has 0 radical (unpaired) electrons. The van der Waals surface area contributed by atoms with Gasteiger partial charge in [0.1, 0.15) is 0 Å². The molecule has 5 heteroatoms. The van der Waals surface area contributed by atoms with Gasteiger partial charge in [0.05, 0.1) is 18.2 Å². The van der Waals surface area contributed by atoms with Crippen LogP contribution in [0, 0.1) is 0 Å². The third-order valence-corrected chi connectivity index (χ3v) is 2.93. The molecule has 1 unspecified atom stereocenters. The number of carbonyl (C=O) groups excluding carboxylic acids is 1. The summed E-state index contributed by atoms with van der Waals surface area (Å²) in [6, 6.07) is 1.53. The van der Waals surface area contributed by atoms with E-state index in [1.165, 1.54) is 6.20 Å². The van der Waals surface area contributed by atoms with Crippen molar-refractivity contribution in [2.24, 2.45) is 0 Å². The summed E-state index contributed by atoms with van der Waals surface area (Å²) in [5.41, 5.74) is 6.58. The number of aliphatic hydroxyl groups excluding tert-OH is 1. The Balaban J connectivity index is 2.22. The molecule has 0 aromatic carbocycles. The van der Waals surface area contributed by atoms with Gasteiger partial charge in [-0.2, -0.15) is 0 Å². The first-order chi connectivity index (χ1) is 7.74. The van der Waals surface area contributed by atoms with Gasteiger partial charge in [-0.3, -0.25) is 9.78 Å². The Hall–Kier alpha value is -1.62. The number of nitrogens with zero attached hydrogens (tertiary/aromatic N) is 2. The molecule has 1 fully saturated rings. The molecule has 86 valence electrons. The summed E-state index contributed by atoms with van der Waals surface area (Å²) in [5, 5.41) is 9.16. The molecule has 0 spiro atoms. The minimum Gasteiger partial charge on any atom is -0.398 e. The molecule has 1 atom stereocenters. The van der Waals surface area contributed by atoms with Crippen LogP contribution in [0.25, 0.3) is 0 Å². The molecule has 1 aromatic heterocycles. The summed E-state index contributed by atoms with van der Waals surface area (Å²) >= 11 is 0. The predicted molar refractivity (Wildman–Crippen MR) is 59.8 cm³/mol. The van der Waals surface area contributed by atoms with Crippen molar-refractivity contribution in [3.8, 4) is 0 Å². The van der Waals surface area contributed by atoms with Gasteiger partial charge in [-0.15, -0.1) is 0 Å². The zero-order valence-electron chi connectivity index (χ0n) is 8.97. The Bertz CT molecular complexity index is 395. The Morgan fingerprint density at radius 3 is 3.19 bits per heavy atom. The third-order valence-electron chi connectivity index (χ3n) is 2.93. The largest absolute Gasteiger partial charge is 0.398 e. The van der Waals surface area contributed by atoms with E-state index in [2.05, 4.69) is 4.98 Å². The van der Waals surface area contributed by atoms with Crippen LogP contribution in [0.1, 0.15) is 23.2 Å². The SMILES string of the molecule is Nc1ccncc1C(=O)N1CCCC1CO. The number of hydrogen-bond acceptors (Lipinski definition) is 4. The zero-order valence-corrected chi connectivity index (χ0v) is 8.97. The molecule has 2 rings (SSSR count). The minimum absolute atomic E-state index is 0.00586. The molecule has 2 heterocycles. The van der Waals surface area contributed by atoms with Crippen LogP contribution in [0.3, 0.4) is 0 Å². The molecule has 1 saturated heterocycles. The lowest BCUT2D eigenvalue weighted by atomic mass is 10.2. The van der Waals surface area contributed by atoms with Gasteiger partial charge in [0, 0.05) is 24.6 Å². The molecule has 1 amide bonds. The van der Waals surface area contributed by atoms with Crippen LogP contribution >= 0.6 is 0 Å². The molecule has 5 nitrogen and oxygen atoms in total. The number of anilines is 1. The minimum atomic E-state index is -0.137. The van der Waals surface area contributed by atoms with Crippen molar-refractivity contribution >= 4 is 11.6 Å². The van der Waals surface area contributed by atoms with Crippen LogP contribution < -0.4 is 5.73 Å². The highest BCUT2D eigenvalue weighted by molar-refractivity contribution is 5.99. The third kappa shape index (κ3) is 1.86. The summed E-state index contributed by atoms with van der Waals surface area (Å²) in [7, 11) is 0. The quantitative estimate of drug-likeness (QED) is 0.750. The molecule has 3 N–H and O–H groups in total. The number of aromatic nitrogens is 1. The van der Waals surface area contributed by atoms with E-state index in [1.54, 1.807) is 17.2 Å². The average molecular weight is 221 g/mol. The van der Waals surface area contributed by atoms with Gasteiger partial charge in [-0.1, -0.05) is 0 Å². The van der Waals surface area contributed by atoms with Crippen molar-refractivity contribution in [1.82, 2.24) is 9.88 Å². The number of nitrogens with two attached hydrogens (primary N) is 1. The number of hydrogen-bond donors (Lipinski definition) is 2. The van der Waals surface area contributed by atoms with E-state index < -0.39 is 0 Å². The Labute approximate surface area is 93.9 Å². The maximum atomic E-state index is 12.1. The number of likely N-dealkylation sites (tertiary alicyclic amines) is 1. The maximum Gasteiger partial charge on any atom is 0.257 e. The summed E-state index contributed by atoms with van der Waals surface area (Å²) in [4.78, 5) is 17.7. The van der Waals surface area contributed by atoms with Gasteiger partial charge in [0.25, 0.3) is 5.91 Å². The molecule has 1 aliphatic rings. The van der Waals surface area contributed by atoms with Crippen LogP contribution in [0.15, 0.2) is 18.5 Å². The summed E-state index contributed by atoms with van der Waals surface area (Å²) in [6.07, 6.45) is 4.81. The van der Waals surface area contributed by atoms with Crippen LogP contribution in [0.4, 0.5) is 5.69 Å². The van der Waals surface area contributed by atoms with Crippen LogP contribution in [-0.4, -0.2) is 40.1 Å². The number of nitrogen functional groups attached to an aromatic ring is 1. The highest BCUT2D eigenvalue weighted by Crippen LogP contribution is 2.21. The number of amides is 1. The summed E-state index contributed by atoms with van der Waals surface area (Å²) in [6.45, 7) is 0.685. The maximum absolute atomic E-state index is 12.1. The van der Waals surface area contributed by atoms with Gasteiger partial charge >= 0.3 is 0 Å². The van der Waals surface area contributed by atoms with Crippen LogP contribution in [-0.2, 0) is 0 Å². The van der Waals surface area contributed by atoms with Crippen molar-refractivity contribution < 1.29 is 9.90 Å². The fourth-order valence-electron chi connectivity index (χ4n) is 2.03. The first-order valence-electron chi connectivity index (χ1n) is 5.35. The first kappa shape index (κ1) is 10.9. The smallest absolute Gasteiger partial charge is 0.257 e. The van der Waals surface area contributed by atoms with E-state index in [1.807, 2.05) is 0 Å². The van der Waals surface area contributed by atoms with Crippen LogP contribution in [0.5, 0.6) is 0 Å². The molecular weight excluding hydrogens is 206 g/mol. The molecule has 16 heavy (non-hydrogen) atoms. The Morgan fingerprint density at radius 2 is 2.50 bits per heavy atom. The molecule has 1 aromatic rings. The van der Waals surface area contributed by atoms with Crippen molar-refractivity contribution in [1.29, 1.82) is 0 Å². The van der Waals surface area contributed by atoms with Crippen molar-refractivity contribution in [3.63, 3.8) is 0 Å². The number of aliphatic hydroxyl groups is 1. The number of pyridine rings is 1. The molecule has 0 aliphatic carbocycles. The lowest BCUT2D eigenvalue weighted by molar-refractivity contribution is 0.0678. The van der Waals surface area contributed by atoms with Crippen molar-refractivity contribution in [2.75, 3.05) is 18.9 Å². The van der Waals surface area contributed by atoms with Gasteiger partial charge in [-0.25, -0.2) is 0 Å². The number of rotatable bonds is 2. The second-order valence-electron chi connectivity index (χ2n) is 3.94. The van der Waals surface area contributed by atoms with E-state index in [0.717, 1.165) is 12.8 Å². The standard InChI is InChI=1S/C11H15N3O2/c12-10-3-4-13-6-9(10)11(16)14-5-1-2-8(14)7-15/h3-4,6,8,15H,1-2,5,7H2,(H2,12,13). The van der Waals surface area contributed by atoms with E-state index in [9.17, 15) is 4.79 Å². The Kier molecular flexibility index (Phi) is 3.05. The van der Waals surface area contributed by atoms with E-state index >= 15 is 0 Å². The van der Waals surface area contributed by atoms with E-state index in [-0.39, 0.29) is 18.6 Å². The highest BCUT2D eigenvalue weighted by Gasteiger charge is 2.29. The fourth-order valence-corrected chi connectivity index (χ4v) is 2.03. The van der Waals surface area contributed by atoms with Crippen LogP contribution in [0.2, 0.25) is 0 Å². The average Bonchev–Trinajstić information content (AvgIpc) is 2.77. The highest BCUT2D eigenvalue weighted by atomic mass is 16.3. The van der Waals surface area contributed by atoms with E-state index in [0.29, 0.717) is 17.8 Å². The van der Waals surface area contributed by atoms with Gasteiger partial charge < -0.3 is 15.7 Å². The van der Waals surface area contributed by atoms with E-state index in [4.69, 9.17) is 10.8 Å². The summed E-state index contributed by atoms with van der Waals surface area (Å²) < 4.78 is 0. The van der Waals surface area contributed by atoms with Gasteiger partial charge in [-0.05, 0) is 18.9 Å². The molecule has 1 aliphatic heterocycles. The fraction of sp³-hybridized carbons (Fsp3) is 0.455. The lowest BCUT2D eigenvalue weighted by Gasteiger charge is -2.23. The van der Waals surface area contributed by atoms with Gasteiger partial charge in [0.15, 0.2) is 0 Å². The van der Waals surface area contributed by atoms with Gasteiger partial charge in [0.2, 0.25) is 0 Å². The summed E-state index contributed by atoms with van der Waals surface area (Å²) in [5.74, 6) is -0.137.